The molecule has 0 saturated heterocycles. The summed E-state index contributed by atoms with van der Waals surface area (Å²) < 4.78 is 45.6. The zero-order valence-electron chi connectivity index (χ0n) is 15.9. The van der Waals surface area contributed by atoms with E-state index < -0.39 is 5.82 Å². The minimum absolute atomic E-state index is 0.135. The van der Waals surface area contributed by atoms with Gasteiger partial charge in [0.05, 0.1) is 32.3 Å². The highest BCUT2D eigenvalue weighted by molar-refractivity contribution is 5.60. The van der Waals surface area contributed by atoms with Gasteiger partial charge in [-0.3, -0.25) is 0 Å². The molecule has 7 nitrogen and oxygen atoms in total. The molecular formula is C21H16F2N4O3. The van der Waals surface area contributed by atoms with E-state index in [1.54, 1.807) is 18.5 Å². The maximum absolute atomic E-state index is 14.0. The molecule has 1 atom stereocenters. The van der Waals surface area contributed by atoms with Gasteiger partial charge in [0.25, 0.3) is 5.89 Å². The number of halogens is 2. The number of rotatable bonds is 4. The van der Waals surface area contributed by atoms with Crippen molar-refractivity contribution in [3.63, 3.8) is 0 Å². The molecule has 5 rings (SSSR count). The number of aromatic nitrogens is 4. The number of benzene rings is 2. The second-order valence-corrected chi connectivity index (χ2v) is 6.82. The first-order valence-corrected chi connectivity index (χ1v) is 9.21. The van der Waals surface area contributed by atoms with E-state index in [0.29, 0.717) is 17.8 Å². The number of ether oxygens (including phenoxy) is 2. The van der Waals surface area contributed by atoms with Crippen molar-refractivity contribution in [2.24, 2.45) is 0 Å². The second-order valence-electron chi connectivity index (χ2n) is 6.82. The summed E-state index contributed by atoms with van der Waals surface area (Å²) in [4.78, 5) is 8.73. The lowest BCUT2D eigenvalue weighted by Gasteiger charge is -2.25. The van der Waals surface area contributed by atoms with E-state index in [9.17, 15) is 8.78 Å². The first-order chi connectivity index (χ1) is 14.6. The fourth-order valence-corrected chi connectivity index (χ4v) is 3.46. The lowest BCUT2D eigenvalue weighted by Crippen LogP contribution is -2.20. The Morgan fingerprint density at radius 1 is 1.17 bits per heavy atom. The molecule has 1 unspecified atom stereocenters. The van der Waals surface area contributed by atoms with E-state index >= 15 is 0 Å². The molecule has 152 valence electrons. The Labute approximate surface area is 169 Å². The number of hydrogen-bond acceptors (Lipinski definition) is 6. The van der Waals surface area contributed by atoms with Crippen LogP contribution in [-0.2, 0) is 17.9 Å². The second kappa shape index (κ2) is 7.34. The van der Waals surface area contributed by atoms with Gasteiger partial charge in [0.1, 0.15) is 11.9 Å². The predicted octanol–water partition coefficient (Wildman–Crippen LogP) is 4.16. The van der Waals surface area contributed by atoms with Gasteiger partial charge in [-0.05, 0) is 35.9 Å². The van der Waals surface area contributed by atoms with E-state index in [-0.39, 0.29) is 36.0 Å². The van der Waals surface area contributed by atoms with Gasteiger partial charge in [-0.2, -0.15) is 4.98 Å². The topological polar surface area (TPSA) is 75.2 Å². The summed E-state index contributed by atoms with van der Waals surface area (Å²) in [7, 11) is 1.40. The third-order valence-electron chi connectivity index (χ3n) is 4.99. The van der Waals surface area contributed by atoms with Crippen LogP contribution in [0.4, 0.5) is 8.78 Å². The molecule has 30 heavy (non-hydrogen) atoms. The van der Waals surface area contributed by atoms with E-state index in [2.05, 4.69) is 15.1 Å². The minimum Gasteiger partial charge on any atom is -0.494 e. The van der Waals surface area contributed by atoms with Crippen molar-refractivity contribution >= 4 is 0 Å². The monoisotopic (exact) mass is 410 g/mol. The van der Waals surface area contributed by atoms with Crippen molar-refractivity contribution in [3.8, 4) is 28.7 Å². The molecule has 9 heteroatoms. The van der Waals surface area contributed by atoms with Crippen LogP contribution in [0.5, 0.6) is 5.75 Å². The van der Waals surface area contributed by atoms with Crippen molar-refractivity contribution in [2.75, 3.05) is 7.11 Å². The number of methoxy groups -OCH3 is 1. The Kier molecular flexibility index (Phi) is 4.51. The first-order valence-electron chi connectivity index (χ1n) is 9.21. The molecule has 1 aliphatic heterocycles. The molecule has 3 heterocycles. The first kappa shape index (κ1) is 18.4. The Morgan fingerprint density at radius 2 is 2.07 bits per heavy atom. The van der Waals surface area contributed by atoms with Gasteiger partial charge >= 0.3 is 0 Å². The molecule has 2 aromatic carbocycles. The highest BCUT2D eigenvalue weighted by Crippen LogP contribution is 2.32. The number of imidazole rings is 1. The Morgan fingerprint density at radius 3 is 2.87 bits per heavy atom. The van der Waals surface area contributed by atoms with Crippen molar-refractivity contribution < 1.29 is 22.8 Å². The zero-order valence-corrected chi connectivity index (χ0v) is 15.9. The van der Waals surface area contributed by atoms with Crippen LogP contribution >= 0.6 is 0 Å². The van der Waals surface area contributed by atoms with Gasteiger partial charge in [-0.25, -0.2) is 13.8 Å². The van der Waals surface area contributed by atoms with Crippen LogP contribution in [0.15, 0.2) is 53.3 Å². The van der Waals surface area contributed by atoms with Crippen LogP contribution in [-0.4, -0.2) is 26.8 Å². The lowest BCUT2D eigenvalue weighted by atomic mass is 10.1. The highest BCUT2D eigenvalue weighted by Gasteiger charge is 2.27. The Hall–Kier alpha value is -3.59. The number of fused-ring (bicyclic) bond motifs is 1. The van der Waals surface area contributed by atoms with Gasteiger partial charge in [-0.1, -0.05) is 17.3 Å². The van der Waals surface area contributed by atoms with Gasteiger partial charge in [0, 0.05) is 5.56 Å². The average Bonchev–Trinajstić information content (AvgIpc) is 3.40. The van der Waals surface area contributed by atoms with Crippen LogP contribution in [0.25, 0.3) is 23.0 Å². The minimum atomic E-state index is -0.516. The van der Waals surface area contributed by atoms with Gasteiger partial charge in [-0.15, -0.1) is 0 Å². The molecule has 0 radical (unpaired) electrons. The van der Waals surface area contributed by atoms with E-state index in [1.807, 2.05) is 10.6 Å². The van der Waals surface area contributed by atoms with E-state index in [4.69, 9.17) is 14.0 Å². The summed E-state index contributed by atoms with van der Waals surface area (Å²) in [5.41, 5.74) is 2.50. The number of nitrogens with zero attached hydrogens (tertiary/aromatic N) is 4. The van der Waals surface area contributed by atoms with E-state index in [0.717, 1.165) is 11.3 Å². The summed E-state index contributed by atoms with van der Waals surface area (Å²) in [6, 6.07) is 10.8. The van der Waals surface area contributed by atoms with Gasteiger partial charge in [0.15, 0.2) is 17.3 Å². The Bertz CT molecular complexity index is 1220. The third kappa shape index (κ3) is 3.22. The molecule has 0 N–H and O–H groups in total. The van der Waals surface area contributed by atoms with E-state index in [1.165, 1.54) is 31.4 Å². The standard InChI is InChI=1S/C21H16F2N4O3/c1-28-17-6-5-13(8-15(17)23)20-25-21(30-26-20)19-16-10-29-18(9-27(16)11-24-19)12-3-2-4-14(22)7-12/h2-8,11,18H,9-10H2,1H3. The maximum atomic E-state index is 14.0. The Balaban J connectivity index is 1.41. The van der Waals surface area contributed by atoms with Crippen LogP contribution < -0.4 is 4.74 Å². The molecule has 1 aliphatic rings. The lowest BCUT2D eigenvalue weighted by molar-refractivity contribution is 0.00314. The molecule has 2 aromatic heterocycles. The van der Waals surface area contributed by atoms with Crippen LogP contribution in [0.1, 0.15) is 17.4 Å². The quantitative estimate of drug-likeness (QED) is 0.503. The molecule has 0 fully saturated rings. The molecular weight excluding hydrogens is 394 g/mol. The highest BCUT2D eigenvalue weighted by atomic mass is 19.1. The fraction of sp³-hybridized carbons (Fsp3) is 0.190. The molecule has 0 bridgehead atoms. The van der Waals surface area contributed by atoms with Crippen LogP contribution in [0, 0.1) is 11.6 Å². The summed E-state index contributed by atoms with van der Waals surface area (Å²) in [6.07, 6.45) is 1.38. The molecule has 0 spiro atoms. The summed E-state index contributed by atoms with van der Waals surface area (Å²) >= 11 is 0. The predicted molar refractivity (Wildman–Crippen MR) is 101 cm³/mol. The van der Waals surface area contributed by atoms with Crippen LogP contribution in [0.2, 0.25) is 0 Å². The van der Waals surface area contributed by atoms with Gasteiger partial charge < -0.3 is 18.6 Å². The zero-order chi connectivity index (χ0) is 20.7. The number of hydrogen-bond donors (Lipinski definition) is 0. The van der Waals surface area contributed by atoms with Crippen LogP contribution in [0.3, 0.4) is 0 Å². The molecule has 0 saturated carbocycles. The molecule has 0 aliphatic carbocycles. The largest absolute Gasteiger partial charge is 0.494 e. The molecule has 4 aromatic rings. The van der Waals surface area contributed by atoms with Crippen molar-refractivity contribution in [1.29, 1.82) is 0 Å². The van der Waals surface area contributed by atoms with Crippen molar-refractivity contribution in [3.05, 3.63) is 71.7 Å². The fourth-order valence-electron chi connectivity index (χ4n) is 3.46. The van der Waals surface area contributed by atoms with Gasteiger partial charge in [0.2, 0.25) is 5.82 Å². The molecule has 0 amide bonds. The summed E-state index contributed by atoms with van der Waals surface area (Å²) in [5.74, 6) is -0.236. The third-order valence-corrected chi connectivity index (χ3v) is 4.99. The SMILES string of the molecule is COc1ccc(-c2noc(-c3ncn4c3COC(c3cccc(F)c3)C4)n2)cc1F. The smallest absolute Gasteiger partial charge is 0.278 e. The maximum Gasteiger partial charge on any atom is 0.278 e. The normalized spacial score (nSPS) is 15.8. The van der Waals surface area contributed by atoms with Crippen molar-refractivity contribution in [2.45, 2.75) is 19.3 Å². The average molecular weight is 410 g/mol. The van der Waals surface area contributed by atoms with Crippen molar-refractivity contribution in [1.82, 2.24) is 19.7 Å². The summed E-state index contributed by atoms with van der Waals surface area (Å²) in [6.45, 7) is 0.738. The summed E-state index contributed by atoms with van der Waals surface area (Å²) in [5, 5.41) is 3.93.